The van der Waals surface area contributed by atoms with Crippen LogP contribution in [0.3, 0.4) is 0 Å². The van der Waals surface area contributed by atoms with Crippen LogP contribution in [0, 0.1) is 0 Å². The van der Waals surface area contributed by atoms with Crippen LogP contribution in [0.1, 0.15) is 25.3 Å². The van der Waals surface area contributed by atoms with Gasteiger partial charge in [0.1, 0.15) is 0 Å². The number of guanidine groups is 1. The lowest BCUT2D eigenvalue weighted by molar-refractivity contribution is 0.0264. The molecule has 0 atom stereocenters. The second-order valence-electron chi connectivity index (χ2n) is 5.39. The summed E-state index contributed by atoms with van der Waals surface area (Å²) in [7, 11) is 3.79. The number of aryl methyl sites for hydroxylation is 1. The number of hydrogen-bond acceptors (Lipinski definition) is 3. The molecule has 0 bridgehead atoms. The summed E-state index contributed by atoms with van der Waals surface area (Å²) in [5, 5.41) is 7.63. The van der Waals surface area contributed by atoms with Crippen molar-refractivity contribution in [2.45, 2.75) is 32.3 Å². The molecule has 1 fully saturated rings. The number of ether oxygens (including phenoxy) is 1. The molecule has 0 unspecified atom stereocenters. The molecule has 2 rings (SSSR count). The van der Waals surface area contributed by atoms with E-state index in [1.807, 2.05) is 25.0 Å². The van der Waals surface area contributed by atoms with Crippen LogP contribution in [0.25, 0.3) is 0 Å². The van der Waals surface area contributed by atoms with Gasteiger partial charge in [-0.05, 0) is 31.7 Å². The lowest BCUT2D eigenvalue weighted by atomic mass is 10.1. The van der Waals surface area contributed by atoms with Crippen LogP contribution in [0.4, 0.5) is 0 Å². The Morgan fingerprint density at radius 2 is 2.24 bits per heavy atom. The monoisotopic (exact) mass is 293 g/mol. The van der Waals surface area contributed by atoms with Crippen molar-refractivity contribution < 1.29 is 4.74 Å². The summed E-state index contributed by atoms with van der Waals surface area (Å²) in [6, 6.07) is 0. The number of nitrogens with one attached hydrogen (secondary N) is 1. The fraction of sp³-hybridized carbons (Fsp3) is 0.733. The van der Waals surface area contributed by atoms with Gasteiger partial charge in [0.2, 0.25) is 0 Å². The normalized spacial score (nSPS) is 17.3. The zero-order valence-electron chi connectivity index (χ0n) is 13.4. The van der Waals surface area contributed by atoms with Crippen molar-refractivity contribution in [3.05, 3.63) is 18.0 Å². The van der Waals surface area contributed by atoms with Crippen LogP contribution in [-0.2, 0) is 18.2 Å². The van der Waals surface area contributed by atoms with E-state index in [1.54, 1.807) is 0 Å². The molecule has 1 aliphatic rings. The third-order valence-corrected chi connectivity index (χ3v) is 3.81. The van der Waals surface area contributed by atoms with Gasteiger partial charge >= 0.3 is 0 Å². The summed E-state index contributed by atoms with van der Waals surface area (Å²) in [5.41, 5.74) is 1.25. The van der Waals surface area contributed by atoms with Crippen LogP contribution < -0.4 is 5.32 Å². The van der Waals surface area contributed by atoms with Gasteiger partial charge in [-0.15, -0.1) is 0 Å². The Morgan fingerprint density at radius 1 is 1.48 bits per heavy atom. The first-order valence-electron chi connectivity index (χ1n) is 7.77. The van der Waals surface area contributed by atoms with Crippen LogP contribution in [0.5, 0.6) is 0 Å². The lowest BCUT2D eigenvalue weighted by Crippen LogP contribution is -2.47. The van der Waals surface area contributed by atoms with E-state index in [2.05, 4.69) is 33.4 Å². The number of piperidine rings is 1. The predicted molar refractivity (Wildman–Crippen MR) is 84.5 cm³/mol. The number of aliphatic imine (C=N–C) groups is 1. The van der Waals surface area contributed by atoms with E-state index in [4.69, 9.17) is 4.74 Å². The van der Waals surface area contributed by atoms with Gasteiger partial charge in [0, 0.05) is 46.5 Å². The van der Waals surface area contributed by atoms with Gasteiger partial charge in [-0.2, -0.15) is 5.10 Å². The van der Waals surface area contributed by atoms with Crippen LogP contribution in [0.2, 0.25) is 0 Å². The third kappa shape index (κ3) is 4.74. The minimum atomic E-state index is 0.416. The fourth-order valence-electron chi connectivity index (χ4n) is 2.72. The van der Waals surface area contributed by atoms with Crippen molar-refractivity contribution >= 4 is 5.96 Å². The van der Waals surface area contributed by atoms with E-state index in [-0.39, 0.29) is 0 Å². The van der Waals surface area contributed by atoms with Gasteiger partial charge in [-0.25, -0.2) is 0 Å². The highest BCUT2D eigenvalue weighted by molar-refractivity contribution is 5.79. The zero-order valence-corrected chi connectivity index (χ0v) is 13.4. The molecule has 0 saturated carbocycles. The summed E-state index contributed by atoms with van der Waals surface area (Å²) in [6.07, 6.45) is 7.51. The van der Waals surface area contributed by atoms with Gasteiger partial charge in [-0.1, -0.05) is 0 Å². The molecule has 0 spiro atoms. The molecule has 0 amide bonds. The minimum Gasteiger partial charge on any atom is -0.378 e. The molecule has 1 aromatic rings. The average Bonchev–Trinajstić information content (AvgIpc) is 2.91. The SMILES string of the molecule is CCOC1CCN(C(=NC)NCCc2cnn(C)c2)CC1. The summed E-state index contributed by atoms with van der Waals surface area (Å²) in [5.74, 6) is 0.994. The van der Waals surface area contributed by atoms with Crippen molar-refractivity contribution in [3.8, 4) is 0 Å². The van der Waals surface area contributed by atoms with Crippen molar-refractivity contribution in [2.24, 2.45) is 12.0 Å². The van der Waals surface area contributed by atoms with Crippen molar-refractivity contribution in [2.75, 3.05) is 33.3 Å². The van der Waals surface area contributed by atoms with Gasteiger partial charge < -0.3 is 15.0 Å². The number of hydrogen-bond donors (Lipinski definition) is 1. The Labute approximate surface area is 127 Å². The molecule has 1 saturated heterocycles. The highest BCUT2D eigenvalue weighted by Crippen LogP contribution is 2.13. The molecule has 1 N–H and O–H groups in total. The third-order valence-electron chi connectivity index (χ3n) is 3.81. The molecule has 6 nitrogen and oxygen atoms in total. The first-order chi connectivity index (χ1) is 10.2. The molecule has 21 heavy (non-hydrogen) atoms. The van der Waals surface area contributed by atoms with Gasteiger partial charge in [-0.3, -0.25) is 9.67 Å². The molecule has 1 aromatic heterocycles. The van der Waals surface area contributed by atoms with Crippen molar-refractivity contribution in [1.82, 2.24) is 20.0 Å². The first kappa shape index (κ1) is 15.8. The van der Waals surface area contributed by atoms with E-state index < -0.39 is 0 Å². The lowest BCUT2D eigenvalue weighted by Gasteiger charge is -2.34. The quantitative estimate of drug-likeness (QED) is 0.651. The average molecular weight is 293 g/mol. The molecular weight excluding hydrogens is 266 g/mol. The van der Waals surface area contributed by atoms with E-state index in [9.17, 15) is 0 Å². The van der Waals surface area contributed by atoms with E-state index in [1.165, 1.54) is 5.56 Å². The highest BCUT2D eigenvalue weighted by atomic mass is 16.5. The highest BCUT2D eigenvalue weighted by Gasteiger charge is 2.21. The molecule has 0 radical (unpaired) electrons. The summed E-state index contributed by atoms with van der Waals surface area (Å²) in [4.78, 5) is 6.71. The van der Waals surface area contributed by atoms with Crippen molar-refractivity contribution in [1.29, 1.82) is 0 Å². The second kappa shape index (κ2) is 8.02. The molecule has 0 aliphatic carbocycles. The minimum absolute atomic E-state index is 0.416. The zero-order chi connectivity index (χ0) is 15.1. The maximum absolute atomic E-state index is 5.69. The molecule has 6 heteroatoms. The number of rotatable bonds is 5. The smallest absolute Gasteiger partial charge is 0.193 e. The number of nitrogens with zero attached hydrogens (tertiary/aromatic N) is 4. The largest absolute Gasteiger partial charge is 0.378 e. The first-order valence-corrected chi connectivity index (χ1v) is 7.77. The summed E-state index contributed by atoms with van der Waals surface area (Å²) >= 11 is 0. The molecule has 2 heterocycles. The molecule has 1 aliphatic heterocycles. The Hall–Kier alpha value is -1.56. The molecule has 118 valence electrons. The van der Waals surface area contributed by atoms with E-state index in [0.29, 0.717) is 6.10 Å². The summed E-state index contributed by atoms with van der Waals surface area (Å²) < 4.78 is 7.53. The molecular formula is C15H27N5O. The van der Waals surface area contributed by atoms with Gasteiger partial charge in [0.25, 0.3) is 0 Å². The van der Waals surface area contributed by atoms with Crippen LogP contribution in [0.15, 0.2) is 17.4 Å². The van der Waals surface area contributed by atoms with Gasteiger partial charge in [0.15, 0.2) is 5.96 Å². The Morgan fingerprint density at radius 3 is 2.81 bits per heavy atom. The standard InChI is InChI=1S/C15H27N5O/c1-4-21-14-6-9-20(10-7-14)15(16-2)17-8-5-13-11-18-19(3)12-13/h11-12,14H,4-10H2,1-3H3,(H,16,17). The van der Waals surface area contributed by atoms with Gasteiger partial charge in [0.05, 0.1) is 12.3 Å². The van der Waals surface area contributed by atoms with Crippen molar-refractivity contribution in [3.63, 3.8) is 0 Å². The Balaban J connectivity index is 1.73. The number of aromatic nitrogens is 2. The van der Waals surface area contributed by atoms with E-state index >= 15 is 0 Å². The van der Waals surface area contributed by atoms with Crippen LogP contribution >= 0.6 is 0 Å². The fourth-order valence-corrected chi connectivity index (χ4v) is 2.72. The maximum atomic E-state index is 5.69. The molecule has 0 aromatic carbocycles. The topological polar surface area (TPSA) is 54.7 Å². The Kier molecular flexibility index (Phi) is 6.04. The number of likely N-dealkylation sites (tertiary alicyclic amines) is 1. The van der Waals surface area contributed by atoms with E-state index in [0.717, 1.165) is 51.5 Å². The second-order valence-corrected chi connectivity index (χ2v) is 5.39. The maximum Gasteiger partial charge on any atom is 0.193 e. The van der Waals surface area contributed by atoms with Crippen LogP contribution in [-0.4, -0.2) is 60.0 Å². The summed E-state index contributed by atoms with van der Waals surface area (Å²) in [6.45, 7) is 5.77. The predicted octanol–water partition coefficient (Wildman–Crippen LogP) is 1.04. The Bertz CT molecular complexity index is 449.